The van der Waals surface area contributed by atoms with E-state index < -0.39 is 11.6 Å². The van der Waals surface area contributed by atoms with Gasteiger partial charge in [0.25, 0.3) is 0 Å². The molecule has 0 aromatic heterocycles. The van der Waals surface area contributed by atoms with Crippen LogP contribution in [0, 0.1) is 0 Å². The summed E-state index contributed by atoms with van der Waals surface area (Å²) in [6.07, 6.45) is 0. The molecule has 0 aliphatic heterocycles. The second kappa shape index (κ2) is 5.32. The Morgan fingerprint density at radius 2 is 1.88 bits per heavy atom. The van der Waals surface area contributed by atoms with Crippen LogP contribution in [-0.2, 0) is 15.1 Å². The molecule has 0 saturated heterocycles. The molecular weight excluding hydrogens is 216 g/mol. The maximum atomic E-state index is 11.6. The van der Waals surface area contributed by atoms with E-state index in [0.717, 1.165) is 0 Å². The Bertz CT molecular complexity index is 377. The molecule has 17 heavy (non-hydrogen) atoms. The summed E-state index contributed by atoms with van der Waals surface area (Å²) in [6, 6.07) is 7.39. The van der Waals surface area contributed by atoms with Crippen molar-refractivity contribution in [2.24, 2.45) is 0 Å². The molecule has 0 heterocycles. The SMILES string of the molecule is CCOC(=O)C(C)(O)c1ccc(C(C)C)cc1. The van der Waals surface area contributed by atoms with Crippen molar-refractivity contribution in [2.75, 3.05) is 6.61 Å². The van der Waals surface area contributed by atoms with Gasteiger partial charge in [-0.25, -0.2) is 4.79 Å². The first-order valence-corrected chi connectivity index (χ1v) is 5.89. The van der Waals surface area contributed by atoms with Crippen LogP contribution in [0.1, 0.15) is 44.7 Å². The van der Waals surface area contributed by atoms with Crippen LogP contribution in [0.4, 0.5) is 0 Å². The summed E-state index contributed by atoms with van der Waals surface area (Å²) < 4.78 is 4.85. The maximum absolute atomic E-state index is 11.6. The highest BCUT2D eigenvalue weighted by Crippen LogP contribution is 2.24. The molecular formula is C14H20O3. The lowest BCUT2D eigenvalue weighted by Gasteiger charge is -2.21. The van der Waals surface area contributed by atoms with E-state index in [9.17, 15) is 9.90 Å². The van der Waals surface area contributed by atoms with Gasteiger partial charge in [-0.05, 0) is 30.9 Å². The monoisotopic (exact) mass is 236 g/mol. The van der Waals surface area contributed by atoms with Gasteiger partial charge in [0.15, 0.2) is 5.60 Å². The van der Waals surface area contributed by atoms with Crippen LogP contribution in [0.5, 0.6) is 0 Å². The lowest BCUT2D eigenvalue weighted by atomic mass is 9.93. The summed E-state index contributed by atoms with van der Waals surface area (Å²) in [4.78, 5) is 11.6. The van der Waals surface area contributed by atoms with Gasteiger partial charge in [-0.1, -0.05) is 38.1 Å². The van der Waals surface area contributed by atoms with Gasteiger partial charge in [-0.3, -0.25) is 0 Å². The maximum Gasteiger partial charge on any atom is 0.342 e. The van der Waals surface area contributed by atoms with Gasteiger partial charge in [0, 0.05) is 0 Å². The standard InChI is InChI=1S/C14H20O3/c1-5-17-13(15)14(4,16)12-8-6-11(7-9-12)10(2)3/h6-10,16H,5H2,1-4H3. The summed E-state index contributed by atoms with van der Waals surface area (Å²) >= 11 is 0. The van der Waals surface area contributed by atoms with E-state index >= 15 is 0 Å². The zero-order valence-electron chi connectivity index (χ0n) is 10.9. The van der Waals surface area contributed by atoms with E-state index in [2.05, 4.69) is 13.8 Å². The molecule has 3 nitrogen and oxygen atoms in total. The van der Waals surface area contributed by atoms with Crippen molar-refractivity contribution in [1.82, 2.24) is 0 Å². The highest BCUT2D eigenvalue weighted by Gasteiger charge is 2.33. The molecule has 1 N–H and O–H groups in total. The lowest BCUT2D eigenvalue weighted by Crippen LogP contribution is -2.34. The second-order valence-electron chi connectivity index (χ2n) is 4.57. The Morgan fingerprint density at radius 3 is 2.29 bits per heavy atom. The van der Waals surface area contributed by atoms with Gasteiger partial charge < -0.3 is 9.84 Å². The van der Waals surface area contributed by atoms with Crippen LogP contribution < -0.4 is 0 Å². The molecule has 94 valence electrons. The number of hydrogen-bond donors (Lipinski definition) is 1. The van der Waals surface area contributed by atoms with Crippen LogP contribution >= 0.6 is 0 Å². The highest BCUT2D eigenvalue weighted by atomic mass is 16.5. The van der Waals surface area contributed by atoms with E-state index in [1.54, 1.807) is 19.1 Å². The molecule has 0 amide bonds. The third kappa shape index (κ3) is 3.07. The predicted molar refractivity (Wildman–Crippen MR) is 66.7 cm³/mol. The number of ether oxygens (including phenoxy) is 1. The van der Waals surface area contributed by atoms with Crippen molar-refractivity contribution in [3.05, 3.63) is 35.4 Å². The molecule has 0 aliphatic rings. The third-order valence-corrected chi connectivity index (χ3v) is 2.81. The molecule has 1 rings (SSSR count). The van der Waals surface area contributed by atoms with Gasteiger partial charge >= 0.3 is 5.97 Å². The van der Waals surface area contributed by atoms with Crippen molar-refractivity contribution >= 4 is 5.97 Å². The first kappa shape index (κ1) is 13.7. The number of carbonyl (C=O) groups is 1. The smallest absolute Gasteiger partial charge is 0.342 e. The summed E-state index contributed by atoms with van der Waals surface area (Å²) in [5, 5.41) is 10.1. The summed E-state index contributed by atoms with van der Waals surface area (Å²) in [5.41, 5.74) is 0.152. The number of benzene rings is 1. The van der Waals surface area contributed by atoms with Crippen LogP contribution in [0.3, 0.4) is 0 Å². The third-order valence-electron chi connectivity index (χ3n) is 2.81. The highest BCUT2D eigenvalue weighted by molar-refractivity contribution is 5.80. The first-order chi connectivity index (χ1) is 7.89. The molecule has 1 aromatic carbocycles. The van der Waals surface area contributed by atoms with Crippen LogP contribution in [0.15, 0.2) is 24.3 Å². The molecule has 0 aliphatic carbocycles. The van der Waals surface area contributed by atoms with E-state index in [-0.39, 0.29) is 6.61 Å². The predicted octanol–water partition coefficient (Wildman–Crippen LogP) is 2.58. The van der Waals surface area contributed by atoms with Gasteiger partial charge in [0.05, 0.1) is 6.61 Å². The van der Waals surface area contributed by atoms with E-state index in [1.807, 2.05) is 12.1 Å². The lowest BCUT2D eigenvalue weighted by molar-refractivity contribution is -0.164. The summed E-state index contributed by atoms with van der Waals surface area (Å²) in [7, 11) is 0. The molecule has 0 fully saturated rings. The van der Waals surface area contributed by atoms with Crippen LogP contribution in [0.25, 0.3) is 0 Å². The minimum atomic E-state index is -1.58. The van der Waals surface area contributed by atoms with Gasteiger partial charge in [-0.15, -0.1) is 0 Å². The average molecular weight is 236 g/mol. The van der Waals surface area contributed by atoms with Crippen LogP contribution in [0.2, 0.25) is 0 Å². The number of aliphatic hydroxyl groups is 1. The van der Waals surface area contributed by atoms with Crippen molar-refractivity contribution < 1.29 is 14.6 Å². The average Bonchev–Trinajstić information content (AvgIpc) is 2.29. The largest absolute Gasteiger partial charge is 0.464 e. The normalized spacial score (nSPS) is 14.5. The first-order valence-electron chi connectivity index (χ1n) is 5.89. The zero-order valence-corrected chi connectivity index (χ0v) is 10.9. The fraction of sp³-hybridized carbons (Fsp3) is 0.500. The fourth-order valence-corrected chi connectivity index (χ4v) is 1.58. The molecule has 0 saturated carbocycles. The van der Waals surface area contributed by atoms with Gasteiger partial charge in [0.2, 0.25) is 0 Å². The molecule has 0 radical (unpaired) electrons. The molecule has 1 unspecified atom stereocenters. The Morgan fingerprint density at radius 1 is 1.35 bits per heavy atom. The van der Waals surface area contributed by atoms with Crippen molar-refractivity contribution in [3.63, 3.8) is 0 Å². The minimum absolute atomic E-state index is 0.263. The van der Waals surface area contributed by atoms with Crippen molar-refractivity contribution in [3.8, 4) is 0 Å². The van der Waals surface area contributed by atoms with E-state index in [1.165, 1.54) is 12.5 Å². The summed E-state index contributed by atoms with van der Waals surface area (Å²) in [6.45, 7) is 7.63. The second-order valence-corrected chi connectivity index (χ2v) is 4.57. The van der Waals surface area contributed by atoms with Gasteiger partial charge in [-0.2, -0.15) is 0 Å². The molecule has 1 atom stereocenters. The Kier molecular flexibility index (Phi) is 4.29. The van der Waals surface area contributed by atoms with E-state index in [0.29, 0.717) is 11.5 Å². The molecule has 0 spiro atoms. The number of esters is 1. The summed E-state index contributed by atoms with van der Waals surface area (Å²) in [5.74, 6) is -0.186. The fourth-order valence-electron chi connectivity index (χ4n) is 1.58. The van der Waals surface area contributed by atoms with Crippen molar-refractivity contribution in [1.29, 1.82) is 0 Å². The quantitative estimate of drug-likeness (QED) is 0.817. The Labute approximate surface area is 102 Å². The Hall–Kier alpha value is -1.35. The number of rotatable bonds is 4. The minimum Gasteiger partial charge on any atom is -0.464 e. The van der Waals surface area contributed by atoms with Crippen molar-refractivity contribution in [2.45, 2.75) is 39.2 Å². The Balaban J connectivity index is 2.95. The van der Waals surface area contributed by atoms with Crippen LogP contribution in [-0.4, -0.2) is 17.7 Å². The van der Waals surface area contributed by atoms with E-state index in [4.69, 9.17) is 4.74 Å². The molecule has 1 aromatic rings. The number of hydrogen-bond acceptors (Lipinski definition) is 3. The number of carbonyl (C=O) groups excluding carboxylic acids is 1. The van der Waals surface area contributed by atoms with Gasteiger partial charge in [0.1, 0.15) is 0 Å². The molecule has 3 heteroatoms. The zero-order chi connectivity index (χ0) is 13.1. The topological polar surface area (TPSA) is 46.5 Å². The molecule has 0 bridgehead atoms.